The van der Waals surface area contributed by atoms with Gasteiger partial charge in [-0.15, -0.1) is 0 Å². The third-order valence-corrected chi connectivity index (χ3v) is 2.52. The first-order valence-corrected chi connectivity index (χ1v) is 5.72. The number of ether oxygens (including phenoxy) is 2. The lowest BCUT2D eigenvalue weighted by Gasteiger charge is -2.08. The molecule has 1 aromatic carbocycles. The Morgan fingerprint density at radius 3 is 2.11 bits per heavy atom. The molecule has 2 rings (SSSR count). The number of hydrogen-bond acceptors (Lipinski definition) is 4. The first kappa shape index (κ1) is 12.4. The van der Waals surface area contributed by atoms with Crippen molar-refractivity contribution < 1.29 is 9.47 Å². The SMILES string of the molecule is COc1ccc(Oc2ccc([C@@H](C)N)nc2)cc1. The summed E-state index contributed by atoms with van der Waals surface area (Å²) in [6, 6.07) is 11.0. The number of aromatic nitrogens is 1. The highest BCUT2D eigenvalue weighted by molar-refractivity contribution is 5.34. The zero-order valence-corrected chi connectivity index (χ0v) is 10.5. The largest absolute Gasteiger partial charge is 0.497 e. The molecule has 0 saturated heterocycles. The van der Waals surface area contributed by atoms with Gasteiger partial charge in [0.25, 0.3) is 0 Å². The van der Waals surface area contributed by atoms with Crippen molar-refractivity contribution >= 4 is 0 Å². The minimum Gasteiger partial charge on any atom is -0.497 e. The van der Waals surface area contributed by atoms with Crippen LogP contribution in [0.4, 0.5) is 0 Å². The number of rotatable bonds is 4. The van der Waals surface area contributed by atoms with E-state index in [1.807, 2.05) is 43.3 Å². The van der Waals surface area contributed by atoms with Gasteiger partial charge in [0, 0.05) is 6.04 Å². The fraction of sp³-hybridized carbons (Fsp3) is 0.214. The molecule has 18 heavy (non-hydrogen) atoms. The average molecular weight is 244 g/mol. The van der Waals surface area contributed by atoms with Crippen molar-refractivity contribution in [3.63, 3.8) is 0 Å². The number of nitrogens with two attached hydrogens (primary N) is 1. The lowest BCUT2D eigenvalue weighted by atomic mass is 10.2. The minimum absolute atomic E-state index is 0.0694. The van der Waals surface area contributed by atoms with E-state index >= 15 is 0 Å². The second-order valence-electron chi connectivity index (χ2n) is 3.99. The zero-order valence-electron chi connectivity index (χ0n) is 10.5. The van der Waals surface area contributed by atoms with Gasteiger partial charge in [0.05, 0.1) is 19.0 Å². The van der Waals surface area contributed by atoms with Crippen molar-refractivity contribution in [1.82, 2.24) is 4.98 Å². The van der Waals surface area contributed by atoms with E-state index in [0.29, 0.717) is 5.75 Å². The van der Waals surface area contributed by atoms with Crippen LogP contribution in [0.3, 0.4) is 0 Å². The number of methoxy groups -OCH3 is 1. The molecule has 1 aromatic heterocycles. The predicted molar refractivity (Wildman–Crippen MR) is 69.9 cm³/mol. The molecule has 0 amide bonds. The lowest BCUT2D eigenvalue weighted by molar-refractivity contribution is 0.412. The van der Waals surface area contributed by atoms with Crippen molar-refractivity contribution in [2.24, 2.45) is 5.73 Å². The number of nitrogens with zero attached hydrogens (tertiary/aromatic N) is 1. The van der Waals surface area contributed by atoms with Gasteiger partial charge in [-0.1, -0.05) is 0 Å². The second-order valence-corrected chi connectivity index (χ2v) is 3.99. The summed E-state index contributed by atoms with van der Waals surface area (Å²) < 4.78 is 10.7. The van der Waals surface area contributed by atoms with E-state index in [2.05, 4.69) is 4.98 Å². The summed E-state index contributed by atoms with van der Waals surface area (Å²) in [6.07, 6.45) is 1.67. The van der Waals surface area contributed by atoms with E-state index in [1.165, 1.54) is 0 Å². The first-order chi connectivity index (χ1) is 8.69. The number of pyridine rings is 1. The topological polar surface area (TPSA) is 57.4 Å². The highest BCUT2D eigenvalue weighted by Gasteiger charge is 2.02. The van der Waals surface area contributed by atoms with Gasteiger partial charge in [0.15, 0.2) is 0 Å². The van der Waals surface area contributed by atoms with Gasteiger partial charge in [0.2, 0.25) is 0 Å². The normalized spacial score (nSPS) is 11.9. The quantitative estimate of drug-likeness (QED) is 0.898. The summed E-state index contributed by atoms with van der Waals surface area (Å²) >= 11 is 0. The van der Waals surface area contributed by atoms with Crippen molar-refractivity contribution in [3.05, 3.63) is 48.3 Å². The van der Waals surface area contributed by atoms with Crippen LogP contribution >= 0.6 is 0 Å². The summed E-state index contributed by atoms with van der Waals surface area (Å²) in [7, 11) is 1.63. The Morgan fingerprint density at radius 2 is 1.61 bits per heavy atom. The van der Waals surface area contributed by atoms with E-state index < -0.39 is 0 Å². The van der Waals surface area contributed by atoms with Crippen LogP contribution in [0.1, 0.15) is 18.7 Å². The molecule has 0 aliphatic carbocycles. The predicted octanol–water partition coefficient (Wildman–Crippen LogP) is 2.90. The maximum Gasteiger partial charge on any atom is 0.145 e. The molecule has 0 aliphatic heterocycles. The summed E-state index contributed by atoms with van der Waals surface area (Å²) in [5.74, 6) is 2.23. The van der Waals surface area contributed by atoms with Crippen molar-refractivity contribution in [2.75, 3.05) is 7.11 Å². The summed E-state index contributed by atoms with van der Waals surface area (Å²) in [5.41, 5.74) is 6.58. The number of benzene rings is 1. The van der Waals surface area contributed by atoms with Crippen LogP contribution in [0.25, 0.3) is 0 Å². The van der Waals surface area contributed by atoms with Gasteiger partial charge in [-0.25, -0.2) is 0 Å². The van der Waals surface area contributed by atoms with Crippen LogP contribution in [0.5, 0.6) is 17.2 Å². The summed E-state index contributed by atoms with van der Waals surface area (Å²) in [6.45, 7) is 1.90. The molecule has 0 spiro atoms. The monoisotopic (exact) mass is 244 g/mol. The fourth-order valence-corrected chi connectivity index (χ4v) is 1.50. The Hall–Kier alpha value is -2.07. The molecular weight excluding hydrogens is 228 g/mol. The van der Waals surface area contributed by atoms with Gasteiger partial charge in [-0.2, -0.15) is 0 Å². The summed E-state index contributed by atoms with van der Waals surface area (Å²) in [4.78, 5) is 4.23. The molecule has 1 heterocycles. The Bertz CT molecular complexity index is 492. The molecule has 0 bridgehead atoms. The third kappa shape index (κ3) is 2.99. The maximum absolute atomic E-state index is 5.73. The Kier molecular flexibility index (Phi) is 3.79. The molecule has 0 saturated carbocycles. The second kappa shape index (κ2) is 5.51. The van der Waals surface area contributed by atoms with Gasteiger partial charge in [-0.05, 0) is 43.3 Å². The van der Waals surface area contributed by atoms with Crippen LogP contribution < -0.4 is 15.2 Å². The molecule has 0 fully saturated rings. The summed E-state index contributed by atoms with van der Waals surface area (Å²) in [5, 5.41) is 0. The van der Waals surface area contributed by atoms with Crippen molar-refractivity contribution in [2.45, 2.75) is 13.0 Å². The number of hydrogen-bond donors (Lipinski definition) is 1. The highest BCUT2D eigenvalue weighted by atomic mass is 16.5. The molecule has 0 aliphatic rings. The van der Waals surface area contributed by atoms with Gasteiger partial charge in [-0.3, -0.25) is 4.98 Å². The zero-order chi connectivity index (χ0) is 13.0. The van der Waals surface area contributed by atoms with E-state index in [-0.39, 0.29) is 6.04 Å². The Labute approximate surface area is 106 Å². The van der Waals surface area contributed by atoms with E-state index in [1.54, 1.807) is 13.3 Å². The smallest absolute Gasteiger partial charge is 0.145 e. The van der Waals surface area contributed by atoms with Crippen LogP contribution in [-0.2, 0) is 0 Å². The molecule has 0 unspecified atom stereocenters. The fourth-order valence-electron chi connectivity index (χ4n) is 1.50. The molecule has 2 N–H and O–H groups in total. The van der Waals surface area contributed by atoms with Crippen LogP contribution in [-0.4, -0.2) is 12.1 Å². The third-order valence-electron chi connectivity index (χ3n) is 2.52. The molecule has 94 valence electrons. The maximum atomic E-state index is 5.73. The Morgan fingerprint density at radius 1 is 1.00 bits per heavy atom. The van der Waals surface area contributed by atoms with Gasteiger partial charge >= 0.3 is 0 Å². The lowest BCUT2D eigenvalue weighted by Crippen LogP contribution is -2.06. The molecule has 1 atom stereocenters. The minimum atomic E-state index is -0.0694. The van der Waals surface area contributed by atoms with Gasteiger partial charge in [0.1, 0.15) is 17.2 Å². The van der Waals surface area contributed by atoms with Crippen LogP contribution in [0.15, 0.2) is 42.6 Å². The first-order valence-electron chi connectivity index (χ1n) is 5.72. The Balaban J connectivity index is 2.08. The molecule has 4 nitrogen and oxygen atoms in total. The standard InChI is InChI=1S/C14H16N2O2/c1-10(15)14-8-7-13(9-16-14)18-12-5-3-11(17-2)4-6-12/h3-10H,15H2,1-2H3/t10-/m1/s1. The van der Waals surface area contributed by atoms with Crippen LogP contribution in [0, 0.1) is 0 Å². The molecule has 4 heteroatoms. The molecule has 0 radical (unpaired) electrons. The van der Waals surface area contributed by atoms with Crippen molar-refractivity contribution in [1.29, 1.82) is 0 Å². The highest BCUT2D eigenvalue weighted by Crippen LogP contribution is 2.23. The van der Waals surface area contributed by atoms with Crippen LogP contribution in [0.2, 0.25) is 0 Å². The molecular formula is C14H16N2O2. The van der Waals surface area contributed by atoms with Gasteiger partial charge < -0.3 is 15.2 Å². The van der Waals surface area contributed by atoms with E-state index in [9.17, 15) is 0 Å². The van der Waals surface area contributed by atoms with E-state index in [4.69, 9.17) is 15.2 Å². The molecule has 2 aromatic rings. The van der Waals surface area contributed by atoms with Crippen molar-refractivity contribution in [3.8, 4) is 17.2 Å². The van der Waals surface area contributed by atoms with E-state index in [0.717, 1.165) is 17.2 Å². The average Bonchev–Trinajstić information content (AvgIpc) is 2.40.